The Morgan fingerprint density at radius 3 is 1.08 bits per heavy atom. The number of carbonyl (C=O) groups is 2. The molecule has 0 atom stereocenters. The van der Waals surface area contributed by atoms with Crippen molar-refractivity contribution in [3.63, 3.8) is 0 Å². The van der Waals surface area contributed by atoms with E-state index in [0.717, 1.165) is 0 Å². The van der Waals surface area contributed by atoms with Crippen molar-refractivity contribution in [3.05, 3.63) is 92.6 Å². The van der Waals surface area contributed by atoms with E-state index in [4.69, 9.17) is 37.3 Å². The minimum atomic E-state index is -0.510. The Bertz CT molecular complexity index is 2360. The van der Waals surface area contributed by atoms with Crippen LogP contribution in [-0.2, 0) is 9.59 Å². The normalized spacial score (nSPS) is 11.0. The van der Waals surface area contributed by atoms with E-state index in [1.807, 2.05) is 0 Å². The number of fused-ring (bicyclic) bond motifs is 2. The lowest BCUT2D eigenvalue weighted by atomic mass is 9.88. The number of ether oxygens (including phenoxy) is 6. The summed E-state index contributed by atoms with van der Waals surface area (Å²) < 4.78 is 45.4. The molecule has 0 saturated carbocycles. The summed E-state index contributed by atoms with van der Waals surface area (Å²) in [6.45, 7) is 5.95. The van der Waals surface area contributed by atoms with E-state index in [-0.39, 0.29) is 55.4 Å². The molecule has 2 heterocycles. The largest absolute Gasteiger partial charge is 0.493 e. The Morgan fingerprint density at radius 1 is 0.481 bits per heavy atom. The summed E-state index contributed by atoms with van der Waals surface area (Å²) in [7, 11) is 5.91. The van der Waals surface area contributed by atoms with E-state index < -0.39 is 11.9 Å². The Hall–Kier alpha value is -6.56. The van der Waals surface area contributed by atoms with Gasteiger partial charge in [-0.3, -0.25) is 19.2 Å². The first-order valence-electron chi connectivity index (χ1n) is 15.9. The zero-order valence-electron chi connectivity index (χ0n) is 29.7. The highest BCUT2D eigenvalue weighted by molar-refractivity contribution is 5.97. The fourth-order valence-electron chi connectivity index (χ4n) is 6.19. The van der Waals surface area contributed by atoms with Gasteiger partial charge < -0.3 is 37.3 Å². The highest BCUT2D eigenvalue weighted by Gasteiger charge is 2.25. The minimum Gasteiger partial charge on any atom is -0.493 e. The van der Waals surface area contributed by atoms with Crippen molar-refractivity contribution in [2.24, 2.45) is 0 Å². The van der Waals surface area contributed by atoms with Gasteiger partial charge in [0, 0.05) is 36.1 Å². The second kappa shape index (κ2) is 14.0. The lowest BCUT2D eigenvalue weighted by Crippen LogP contribution is -2.10. The van der Waals surface area contributed by atoms with E-state index in [1.165, 1.54) is 79.1 Å². The molecule has 0 bridgehead atoms. The SMILES string of the molecule is COc1cc(-c2cc(OC)c(OC)cc2-c2coc3c(C)c(OC(C)=O)ccc3c2=O)c(-c2coc3c(C)c(OC(C)=O)ccc3c2=O)cc1OC. The fourth-order valence-corrected chi connectivity index (χ4v) is 6.19. The van der Waals surface area contributed by atoms with Crippen LogP contribution in [-0.4, -0.2) is 40.4 Å². The smallest absolute Gasteiger partial charge is 0.308 e. The maximum Gasteiger partial charge on any atom is 0.308 e. The molecule has 0 saturated heterocycles. The standard InChI is InChI=1S/C40H34O12/c1-19-31(51-21(3)41)11-9-23-37(43)29(17-49-39(19)23)27-15-35(47-7)33(45-5)13-25(27)26-14-34(46-6)36(48-8)16-28(26)30-18-50-40-20(2)32(52-22(4)42)12-10-24(40)38(30)44/h9-18H,1-8H3. The summed E-state index contributed by atoms with van der Waals surface area (Å²) in [5, 5.41) is 0.496. The molecule has 12 nitrogen and oxygen atoms in total. The van der Waals surface area contributed by atoms with Gasteiger partial charge in [0.1, 0.15) is 35.2 Å². The van der Waals surface area contributed by atoms with E-state index in [1.54, 1.807) is 38.1 Å². The van der Waals surface area contributed by atoms with Gasteiger partial charge in [0.05, 0.1) is 50.3 Å². The van der Waals surface area contributed by atoms with Crippen LogP contribution in [0.15, 0.2) is 79.5 Å². The van der Waals surface area contributed by atoms with Crippen LogP contribution in [0.2, 0.25) is 0 Å². The Balaban J connectivity index is 1.67. The van der Waals surface area contributed by atoms with Gasteiger partial charge in [-0.15, -0.1) is 0 Å². The van der Waals surface area contributed by atoms with Gasteiger partial charge in [0.25, 0.3) is 0 Å². The predicted octanol–water partition coefficient (Wildman–Crippen LogP) is 7.40. The van der Waals surface area contributed by atoms with Crippen LogP contribution in [0.5, 0.6) is 34.5 Å². The third kappa shape index (κ3) is 6.08. The van der Waals surface area contributed by atoms with Crippen molar-refractivity contribution in [2.75, 3.05) is 28.4 Å². The molecular formula is C40H34O12. The highest BCUT2D eigenvalue weighted by Crippen LogP contribution is 2.47. The third-order valence-corrected chi connectivity index (χ3v) is 8.71. The van der Waals surface area contributed by atoms with Gasteiger partial charge in [0.15, 0.2) is 23.0 Å². The van der Waals surface area contributed by atoms with Crippen LogP contribution in [0.3, 0.4) is 0 Å². The minimum absolute atomic E-state index is 0.169. The van der Waals surface area contributed by atoms with E-state index in [9.17, 15) is 19.2 Å². The maximum absolute atomic E-state index is 14.3. The molecule has 52 heavy (non-hydrogen) atoms. The Labute approximate surface area is 297 Å². The van der Waals surface area contributed by atoms with Gasteiger partial charge >= 0.3 is 11.9 Å². The first kappa shape index (κ1) is 35.3. The molecule has 0 radical (unpaired) electrons. The van der Waals surface area contributed by atoms with Gasteiger partial charge in [0.2, 0.25) is 10.9 Å². The number of benzene rings is 4. The molecule has 2 aromatic heterocycles. The van der Waals surface area contributed by atoms with Crippen molar-refractivity contribution in [1.82, 2.24) is 0 Å². The topological polar surface area (TPSA) is 150 Å². The second-order valence-electron chi connectivity index (χ2n) is 11.8. The van der Waals surface area contributed by atoms with E-state index in [0.29, 0.717) is 56.4 Å². The number of carbonyl (C=O) groups excluding carboxylic acids is 2. The number of hydrogen-bond acceptors (Lipinski definition) is 12. The molecule has 0 fully saturated rings. The van der Waals surface area contributed by atoms with Crippen LogP contribution < -0.4 is 39.3 Å². The van der Waals surface area contributed by atoms with Crippen molar-refractivity contribution >= 4 is 33.9 Å². The maximum atomic E-state index is 14.3. The van der Waals surface area contributed by atoms with E-state index in [2.05, 4.69) is 0 Å². The summed E-state index contributed by atoms with van der Waals surface area (Å²) >= 11 is 0. The Morgan fingerprint density at radius 2 is 0.788 bits per heavy atom. The number of methoxy groups -OCH3 is 4. The van der Waals surface area contributed by atoms with Crippen molar-refractivity contribution in [1.29, 1.82) is 0 Å². The fraction of sp³-hybridized carbons (Fsp3) is 0.200. The Kier molecular flexibility index (Phi) is 9.49. The number of hydrogen-bond donors (Lipinski definition) is 0. The van der Waals surface area contributed by atoms with Crippen molar-refractivity contribution < 1.29 is 46.8 Å². The molecule has 4 aromatic carbocycles. The van der Waals surface area contributed by atoms with Crippen LogP contribution >= 0.6 is 0 Å². The molecule has 6 aromatic rings. The highest BCUT2D eigenvalue weighted by atomic mass is 16.5. The third-order valence-electron chi connectivity index (χ3n) is 8.71. The molecule has 0 spiro atoms. The lowest BCUT2D eigenvalue weighted by molar-refractivity contribution is -0.132. The number of esters is 2. The zero-order chi connectivity index (χ0) is 37.4. The lowest BCUT2D eigenvalue weighted by Gasteiger charge is -2.20. The first-order valence-corrected chi connectivity index (χ1v) is 15.9. The van der Waals surface area contributed by atoms with Gasteiger partial charge in [-0.25, -0.2) is 0 Å². The molecule has 0 N–H and O–H groups in total. The summed E-state index contributed by atoms with van der Waals surface area (Å²) in [4.78, 5) is 51.9. The van der Waals surface area contributed by atoms with Crippen LogP contribution in [0, 0.1) is 13.8 Å². The number of aryl methyl sites for hydroxylation is 2. The van der Waals surface area contributed by atoms with Crippen molar-refractivity contribution in [2.45, 2.75) is 27.7 Å². The van der Waals surface area contributed by atoms with Gasteiger partial charge in [-0.1, -0.05) is 0 Å². The van der Waals surface area contributed by atoms with Gasteiger partial charge in [-0.2, -0.15) is 0 Å². The quantitative estimate of drug-likeness (QED) is 0.109. The first-order chi connectivity index (χ1) is 24.9. The average molecular weight is 707 g/mol. The molecule has 266 valence electrons. The van der Waals surface area contributed by atoms with Crippen LogP contribution in [0.4, 0.5) is 0 Å². The molecule has 0 unspecified atom stereocenters. The summed E-state index contributed by atoms with van der Waals surface area (Å²) in [5.41, 5.74) is 2.72. The number of rotatable bonds is 9. The average Bonchev–Trinajstić information content (AvgIpc) is 3.13. The molecule has 0 aliphatic carbocycles. The zero-order valence-corrected chi connectivity index (χ0v) is 29.7. The molecule has 12 heteroatoms. The summed E-state index contributed by atoms with van der Waals surface area (Å²) in [5.74, 6) is 0.853. The molecule has 0 aliphatic heterocycles. The summed E-state index contributed by atoms with van der Waals surface area (Å²) in [6.07, 6.45) is 2.66. The summed E-state index contributed by atoms with van der Waals surface area (Å²) in [6, 6.07) is 12.8. The van der Waals surface area contributed by atoms with E-state index >= 15 is 0 Å². The van der Waals surface area contributed by atoms with Crippen LogP contribution in [0.25, 0.3) is 55.3 Å². The molecule has 0 amide bonds. The predicted molar refractivity (Wildman–Crippen MR) is 193 cm³/mol. The van der Waals surface area contributed by atoms with Crippen LogP contribution in [0.1, 0.15) is 25.0 Å². The second-order valence-corrected chi connectivity index (χ2v) is 11.8. The van der Waals surface area contributed by atoms with Crippen molar-refractivity contribution in [3.8, 4) is 67.9 Å². The molecular weight excluding hydrogens is 672 g/mol. The molecule has 6 rings (SSSR count). The van der Waals surface area contributed by atoms with Gasteiger partial charge in [-0.05, 0) is 73.5 Å². The molecule has 0 aliphatic rings. The monoisotopic (exact) mass is 706 g/mol.